The maximum absolute atomic E-state index is 13.9. The quantitative estimate of drug-likeness (QED) is 0.714. The number of anilines is 1. The van der Waals surface area contributed by atoms with Gasteiger partial charge in [-0.1, -0.05) is 36.4 Å². The Hall–Kier alpha value is -3.21. The van der Waals surface area contributed by atoms with Gasteiger partial charge in [-0.25, -0.2) is 4.39 Å². The number of benzene rings is 2. The number of carbonyl (C=O) groups is 1. The topological polar surface area (TPSA) is 42.3 Å². The normalized spacial score (nSPS) is 15.6. The van der Waals surface area contributed by atoms with Gasteiger partial charge in [-0.3, -0.25) is 9.59 Å². The molecule has 1 amide bonds. The summed E-state index contributed by atoms with van der Waals surface area (Å²) in [5.41, 5.74) is 2.59. The van der Waals surface area contributed by atoms with E-state index in [-0.39, 0.29) is 29.9 Å². The summed E-state index contributed by atoms with van der Waals surface area (Å²) in [5, 5.41) is 0. The van der Waals surface area contributed by atoms with Gasteiger partial charge >= 0.3 is 0 Å². The Bertz CT molecular complexity index is 1070. The van der Waals surface area contributed by atoms with Gasteiger partial charge in [-0.15, -0.1) is 0 Å². The van der Waals surface area contributed by atoms with Gasteiger partial charge in [0, 0.05) is 29.6 Å². The van der Waals surface area contributed by atoms with Crippen molar-refractivity contribution in [2.24, 2.45) is 0 Å². The van der Waals surface area contributed by atoms with Gasteiger partial charge in [0.2, 0.25) is 0 Å². The Morgan fingerprint density at radius 2 is 1.81 bits per heavy atom. The summed E-state index contributed by atoms with van der Waals surface area (Å²) in [6.45, 7) is 2.09. The molecule has 0 saturated carbocycles. The van der Waals surface area contributed by atoms with Crippen molar-refractivity contribution in [2.45, 2.75) is 25.9 Å². The first-order valence-electron chi connectivity index (χ1n) is 8.90. The van der Waals surface area contributed by atoms with Crippen LogP contribution < -0.4 is 10.5 Å². The third kappa shape index (κ3) is 3.16. The zero-order chi connectivity index (χ0) is 19.0. The first kappa shape index (κ1) is 17.2. The van der Waals surface area contributed by atoms with Gasteiger partial charge in [-0.2, -0.15) is 0 Å². The number of halogens is 1. The van der Waals surface area contributed by atoms with E-state index >= 15 is 0 Å². The highest BCUT2D eigenvalue weighted by Crippen LogP contribution is 2.32. The summed E-state index contributed by atoms with van der Waals surface area (Å²) in [5.74, 6) is -0.530. The summed E-state index contributed by atoms with van der Waals surface area (Å²) in [6.07, 6.45) is 2.32. The lowest BCUT2D eigenvalue weighted by Gasteiger charge is -2.23. The third-order valence-electron chi connectivity index (χ3n) is 4.95. The Kier molecular flexibility index (Phi) is 4.36. The van der Waals surface area contributed by atoms with Crippen molar-refractivity contribution in [1.82, 2.24) is 4.57 Å². The SMILES string of the molecule is C[C@@H]1Cc2ccccc2N1C(=O)c1ccc(=O)n(Cc2ccccc2F)c1. The molecule has 0 unspecified atom stereocenters. The van der Waals surface area contributed by atoms with E-state index < -0.39 is 0 Å². The van der Waals surface area contributed by atoms with Crippen LogP contribution in [-0.4, -0.2) is 16.5 Å². The average molecular weight is 362 g/mol. The molecular weight excluding hydrogens is 343 g/mol. The second-order valence-corrected chi connectivity index (χ2v) is 6.83. The molecule has 3 aromatic rings. The molecule has 1 aliphatic heterocycles. The number of nitrogens with zero attached hydrogens (tertiary/aromatic N) is 2. The van der Waals surface area contributed by atoms with Gasteiger partial charge in [0.25, 0.3) is 11.5 Å². The van der Waals surface area contributed by atoms with E-state index in [0.29, 0.717) is 11.1 Å². The molecule has 4 nitrogen and oxygen atoms in total. The number of pyridine rings is 1. The minimum atomic E-state index is -0.372. The highest BCUT2D eigenvalue weighted by molar-refractivity contribution is 6.07. The van der Waals surface area contributed by atoms with Crippen LogP contribution in [0.1, 0.15) is 28.4 Å². The summed E-state index contributed by atoms with van der Waals surface area (Å²) in [7, 11) is 0. The molecule has 0 saturated heterocycles. The maximum Gasteiger partial charge on any atom is 0.260 e. The summed E-state index contributed by atoms with van der Waals surface area (Å²) in [4.78, 5) is 27.1. The Labute approximate surface area is 156 Å². The average Bonchev–Trinajstić information content (AvgIpc) is 3.00. The molecule has 1 atom stereocenters. The zero-order valence-corrected chi connectivity index (χ0v) is 14.9. The van der Waals surface area contributed by atoms with Crippen molar-refractivity contribution in [3.63, 3.8) is 0 Å². The van der Waals surface area contributed by atoms with Crippen LogP contribution in [0.5, 0.6) is 0 Å². The number of para-hydroxylation sites is 1. The largest absolute Gasteiger partial charge is 0.310 e. The number of hydrogen-bond acceptors (Lipinski definition) is 2. The molecule has 1 aromatic heterocycles. The van der Waals surface area contributed by atoms with E-state index in [1.54, 1.807) is 23.1 Å². The second-order valence-electron chi connectivity index (χ2n) is 6.83. The highest BCUT2D eigenvalue weighted by Gasteiger charge is 2.31. The molecule has 0 aliphatic carbocycles. The molecule has 4 rings (SSSR count). The lowest BCUT2D eigenvalue weighted by atomic mass is 10.1. The number of carbonyl (C=O) groups excluding carboxylic acids is 1. The molecule has 2 aromatic carbocycles. The van der Waals surface area contributed by atoms with Crippen LogP contribution in [0.15, 0.2) is 71.7 Å². The van der Waals surface area contributed by atoms with Crippen LogP contribution in [-0.2, 0) is 13.0 Å². The molecular formula is C22H19FN2O2. The lowest BCUT2D eigenvalue weighted by molar-refractivity contribution is 0.0980. The summed E-state index contributed by atoms with van der Waals surface area (Å²) < 4.78 is 15.3. The maximum atomic E-state index is 13.9. The van der Waals surface area contributed by atoms with Gasteiger partial charge in [0.05, 0.1) is 12.1 Å². The fraction of sp³-hybridized carbons (Fsp3) is 0.182. The van der Waals surface area contributed by atoms with Crippen LogP contribution in [0.4, 0.5) is 10.1 Å². The molecule has 0 N–H and O–H groups in total. The monoisotopic (exact) mass is 362 g/mol. The summed E-state index contributed by atoms with van der Waals surface area (Å²) in [6, 6.07) is 17.1. The number of fused-ring (bicyclic) bond motifs is 1. The molecule has 2 heterocycles. The number of aromatic nitrogens is 1. The van der Waals surface area contributed by atoms with Crippen molar-refractivity contribution in [1.29, 1.82) is 0 Å². The van der Waals surface area contributed by atoms with E-state index in [1.807, 2.05) is 31.2 Å². The van der Waals surface area contributed by atoms with E-state index in [2.05, 4.69) is 0 Å². The third-order valence-corrected chi connectivity index (χ3v) is 4.95. The predicted molar refractivity (Wildman–Crippen MR) is 103 cm³/mol. The van der Waals surface area contributed by atoms with Gasteiger partial charge in [-0.05, 0) is 37.1 Å². The van der Waals surface area contributed by atoms with E-state index in [1.165, 1.54) is 29.0 Å². The smallest absolute Gasteiger partial charge is 0.260 e. The second kappa shape index (κ2) is 6.83. The number of amides is 1. The van der Waals surface area contributed by atoms with E-state index in [4.69, 9.17) is 0 Å². The van der Waals surface area contributed by atoms with Crippen LogP contribution >= 0.6 is 0 Å². The minimum absolute atomic E-state index is 0.0434. The fourth-order valence-corrected chi connectivity index (χ4v) is 3.61. The van der Waals surface area contributed by atoms with Crippen LogP contribution in [0.25, 0.3) is 0 Å². The number of rotatable bonds is 3. The highest BCUT2D eigenvalue weighted by atomic mass is 19.1. The molecule has 0 bridgehead atoms. The number of hydrogen-bond donors (Lipinski definition) is 0. The standard InChI is InChI=1S/C22H19FN2O2/c1-15-12-16-6-3-5-9-20(16)25(15)22(27)18-10-11-21(26)24(14-18)13-17-7-2-4-8-19(17)23/h2-11,14-15H,12-13H2,1H3/t15-/m1/s1. The zero-order valence-electron chi connectivity index (χ0n) is 14.9. The Morgan fingerprint density at radius 3 is 2.63 bits per heavy atom. The van der Waals surface area contributed by atoms with Crippen LogP contribution in [0.2, 0.25) is 0 Å². The predicted octanol–water partition coefficient (Wildman–Crippen LogP) is 3.63. The van der Waals surface area contributed by atoms with Crippen LogP contribution in [0, 0.1) is 5.82 Å². The van der Waals surface area contributed by atoms with E-state index in [9.17, 15) is 14.0 Å². The first-order chi connectivity index (χ1) is 13.0. The van der Waals surface area contributed by atoms with Gasteiger partial charge in [0.1, 0.15) is 5.82 Å². The molecule has 0 fully saturated rings. The summed E-state index contributed by atoms with van der Waals surface area (Å²) >= 11 is 0. The Morgan fingerprint density at radius 1 is 1.07 bits per heavy atom. The minimum Gasteiger partial charge on any atom is -0.310 e. The molecule has 27 heavy (non-hydrogen) atoms. The van der Waals surface area contributed by atoms with Gasteiger partial charge < -0.3 is 9.47 Å². The van der Waals surface area contributed by atoms with Crippen molar-refractivity contribution < 1.29 is 9.18 Å². The van der Waals surface area contributed by atoms with Crippen LogP contribution in [0.3, 0.4) is 0 Å². The van der Waals surface area contributed by atoms with Gasteiger partial charge in [0.15, 0.2) is 0 Å². The van der Waals surface area contributed by atoms with Crippen molar-refractivity contribution >= 4 is 11.6 Å². The van der Waals surface area contributed by atoms with Crippen molar-refractivity contribution in [2.75, 3.05) is 4.90 Å². The molecule has 5 heteroatoms. The Balaban J connectivity index is 1.68. The van der Waals surface area contributed by atoms with Crippen molar-refractivity contribution in [3.8, 4) is 0 Å². The molecule has 1 aliphatic rings. The fourth-order valence-electron chi connectivity index (χ4n) is 3.61. The molecule has 136 valence electrons. The molecule has 0 spiro atoms. The molecule has 0 radical (unpaired) electrons. The van der Waals surface area contributed by atoms with Crippen molar-refractivity contribution in [3.05, 3.63) is 99.7 Å². The van der Waals surface area contributed by atoms with E-state index in [0.717, 1.165) is 17.7 Å². The lowest BCUT2D eigenvalue weighted by Crippen LogP contribution is -2.36. The first-order valence-corrected chi connectivity index (χ1v) is 8.90.